The molecule has 2 rings (SSSR count). The number of rotatable bonds is 6. The fraction of sp³-hybridized carbons (Fsp3) is 0.833. The molecular weight excluding hydrogens is 258 g/mol. The Balaban J connectivity index is 1.86. The Morgan fingerprint density at radius 2 is 1.95 bits per heavy atom. The van der Waals surface area contributed by atoms with Gasteiger partial charge in [0.1, 0.15) is 0 Å². The van der Waals surface area contributed by atoms with Crippen LogP contribution in [0.15, 0.2) is 12.4 Å². The topological polar surface area (TPSA) is 29.9 Å². The van der Waals surface area contributed by atoms with E-state index in [4.69, 9.17) is 0 Å². The molecule has 1 aromatic heterocycles. The number of hydrogen-bond acceptors (Lipinski definition) is 2. The van der Waals surface area contributed by atoms with E-state index >= 15 is 0 Å². The molecule has 1 heterocycles. The molecule has 1 aromatic rings. The van der Waals surface area contributed by atoms with Crippen molar-refractivity contribution in [3.05, 3.63) is 18.0 Å². The number of nitrogens with one attached hydrogen (secondary N) is 1. The zero-order chi connectivity index (χ0) is 15.5. The second-order valence-corrected chi connectivity index (χ2v) is 8.37. The van der Waals surface area contributed by atoms with Crippen molar-refractivity contribution in [2.45, 2.75) is 78.8 Å². The summed E-state index contributed by atoms with van der Waals surface area (Å²) >= 11 is 0. The molecule has 0 radical (unpaired) electrons. The lowest BCUT2D eigenvalue weighted by Gasteiger charge is -2.31. The van der Waals surface area contributed by atoms with Gasteiger partial charge in [0, 0.05) is 24.8 Å². The Hall–Kier alpha value is -0.830. The minimum absolute atomic E-state index is 0.0720. The van der Waals surface area contributed by atoms with E-state index in [-0.39, 0.29) is 5.54 Å². The molecule has 3 nitrogen and oxygen atoms in total. The van der Waals surface area contributed by atoms with Crippen LogP contribution in [0.4, 0.5) is 0 Å². The van der Waals surface area contributed by atoms with Crippen molar-refractivity contribution in [2.24, 2.45) is 11.3 Å². The third kappa shape index (κ3) is 4.57. The molecule has 1 saturated carbocycles. The largest absolute Gasteiger partial charge is 0.312 e. The number of hydrogen-bond donors (Lipinski definition) is 1. The Morgan fingerprint density at radius 1 is 1.29 bits per heavy atom. The Morgan fingerprint density at radius 3 is 2.48 bits per heavy atom. The summed E-state index contributed by atoms with van der Waals surface area (Å²) in [5, 5.41) is 8.18. The molecule has 0 saturated heterocycles. The lowest BCUT2D eigenvalue weighted by atomic mass is 9.78. The van der Waals surface area contributed by atoms with Gasteiger partial charge in [0.15, 0.2) is 0 Å². The zero-order valence-electron chi connectivity index (χ0n) is 14.6. The molecule has 3 heteroatoms. The van der Waals surface area contributed by atoms with Crippen LogP contribution < -0.4 is 5.32 Å². The lowest BCUT2D eigenvalue weighted by molar-refractivity contribution is 0.223. The van der Waals surface area contributed by atoms with Crippen molar-refractivity contribution in [2.75, 3.05) is 6.54 Å². The SMILES string of the molecule is CC(C)CC1(CNCc2cnn(C(C)(C)C)c2)CCCC1. The minimum Gasteiger partial charge on any atom is -0.312 e. The van der Waals surface area contributed by atoms with E-state index in [9.17, 15) is 0 Å². The predicted octanol–water partition coefficient (Wildman–Crippen LogP) is 4.33. The van der Waals surface area contributed by atoms with Gasteiger partial charge in [-0.1, -0.05) is 26.7 Å². The van der Waals surface area contributed by atoms with Crippen molar-refractivity contribution in [1.82, 2.24) is 15.1 Å². The van der Waals surface area contributed by atoms with Crippen molar-refractivity contribution < 1.29 is 0 Å². The average molecular weight is 291 g/mol. The van der Waals surface area contributed by atoms with Crippen molar-refractivity contribution in [1.29, 1.82) is 0 Å². The first-order valence-electron chi connectivity index (χ1n) is 8.56. The molecule has 0 bridgehead atoms. The maximum absolute atomic E-state index is 4.48. The summed E-state index contributed by atoms with van der Waals surface area (Å²) in [7, 11) is 0. The summed E-state index contributed by atoms with van der Waals surface area (Å²) in [5.74, 6) is 0.800. The van der Waals surface area contributed by atoms with Gasteiger partial charge in [0.05, 0.1) is 11.7 Å². The Labute approximate surface area is 130 Å². The van der Waals surface area contributed by atoms with Gasteiger partial charge in [-0.2, -0.15) is 5.10 Å². The van der Waals surface area contributed by atoms with Gasteiger partial charge >= 0.3 is 0 Å². The molecule has 1 N–H and O–H groups in total. The maximum atomic E-state index is 4.48. The summed E-state index contributed by atoms with van der Waals surface area (Å²) < 4.78 is 2.06. The van der Waals surface area contributed by atoms with Crippen LogP contribution in [0.1, 0.15) is 72.3 Å². The molecule has 0 amide bonds. The van der Waals surface area contributed by atoms with Crippen LogP contribution in [0.5, 0.6) is 0 Å². The van der Waals surface area contributed by atoms with Crippen molar-refractivity contribution in [3.63, 3.8) is 0 Å². The molecule has 1 fully saturated rings. The van der Waals surface area contributed by atoms with Crippen LogP contribution in [-0.4, -0.2) is 16.3 Å². The summed E-state index contributed by atoms with van der Waals surface area (Å²) in [5.41, 5.74) is 1.92. The molecule has 1 aliphatic rings. The molecular formula is C18H33N3. The molecule has 0 spiro atoms. The first-order chi connectivity index (χ1) is 9.81. The minimum atomic E-state index is 0.0720. The van der Waals surface area contributed by atoms with Gasteiger partial charge in [0.25, 0.3) is 0 Å². The third-order valence-corrected chi connectivity index (χ3v) is 4.66. The van der Waals surface area contributed by atoms with Gasteiger partial charge in [-0.3, -0.25) is 4.68 Å². The first kappa shape index (κ1) is 16.5. The standard InChI is InChI=1S/C18H33N3/c1-15(2)10-18(8-6-7-9-18)14-19-11-16-12-20-21(13-16)17(3,4)5/h12-13,15,19H,6-11,14H2,1-5H3. The van der Waals surface area contributed by atoms with E-state index in [1.54, 1.807) is 0 Å². The third-order valence-electron chi connectivity index (χ3n) is 4.66. The molecule has 1 aliphatic carbocycles. The molecule has 21 heavy (non-hydrogen) atoms. The summed E-state index contributed by atoms with van der Waals surface area (Å²) in [6.45, 7) is 13.4. The smallest absolute Gasteiger partial charge is 0.0543 e. The van der Waals surface area contributed by atoms with E-state index in [2.05, 4.69) is 55.9 Å². The van der Waals surface area contributed by atoms with E-state index in [1.165, 1.54) is 37.7 Å². The van der Waals surface area contributed by atoms with Gasteiger partial charge < -0.3 is 5.32 Å². The van der Waals surface area contributed by atoms with Gasteiger partial charge in [0.2, 0.25) is 0 Å². The highest BCUT2D eigenvalue weighted by atomic mass is 15.3. The van der Waals surface area contributed by atoms with Crippen LogP contribution >= 0.6 is 0 Å². The van der Waals surface area contributed by atoms with E-state index in [0.717, 1.165) is 19.0 Å². The first-order valence-corrected chi connectivity index (χ1v) is 8.56. The van der Waals surface area contributed by atoms with Gasteiger partial charge in [-0.25, -0.2) is 0 Å². The van der Waals surface area contributed by atoms with Crippen LogP contribution in [0.3, 0.4) is 0 Å². The number of aromatic nitrogens is 2. The van der Waals surface area contributed by atoms with Crippen molar-refractivity contribution in [3.8, 4) is 0 Å². The van der Waals surface area contributed by atoms with Crippen molar-refractivity contribution >= 4 is 0 Å². The van der Waals surface area contributed by atoms with Gasteiger partial charge in [-0.05, 0) is 51.4 Å². The van der Waals surface area contributed by atoms with Crippen LogP contribution in [-0.2, 0) is 12.1 Å². The second kappa shape index (κ2) is 6.51. The fourth-order valence-electron chi connectivity index (χ4n) is 3.73. The molecule has 0 aromatic carbocycles. The highest BCUT2D eigenvalue weighted by molar-refractivity contribution is 5.05. The maximum Gasteiger partial charge on any atom is 0.0543 e. The highest BCUT2D eigenvalue weighted by Crippen LogP contribution is 2.42. The lowest BCUT2D eigenvalue weighted by Crippen LogP contribution is -2.33. The predicted molar refractivity (Wildman–Crippen MR) is 89.3 cm³/mol. The second-order valence-electron chi connectivity index (χ2n) is 8.37. The summed E-state index contributed by atoms with van der Waals surface area (Å²) in [6.07, 6.45) is 11.2. The molecule has 120 valence electrons. The summed E-state index contributed by atoms with van der Waals surface area (Å²) in [4.78, 5) is 0. The quantitative estimate of drug-likeness (QED) is 0.845. The Bertz CT molecular complexity index is 434. The van der Waals surface area contributed by atoms with E-state index < -0.39 is 0 Å². The summed E-state index contributed by atoms with van der Waals surface area (Å²) in [6, 6.07) is 0. The van der Waals surface area contributed by atoms with E-state index in [0.29, 0.717) is 5.41 Å². The normalized spacial score (nSPS) is 18.6. The molecule has 0 unspecified atom stereocenters. The highest BCUT2D eigenvalue weighted by Gasteiger charge is 2.33. The monoisotopic (exact) mass is 291 g/mol. The molecule has 0 atom stereocenters. The Kier molecular flexibility index (Phi) is 5.13. The molecule has 0 aliphatic heterocycles. The van der Waals surface area contributed by atoms with Crippen LogP contribution in [0.2, 0.25) is 0 Å². The van der Waals surface area contributed by atoms with Crippen LogP contribution in [0.25, 0.3) is 0 Å². The van der Waals surface area contributed by atoms with E-state index in [1.807, 2.05) is 6.20 Å². The fourth-order valence-corrected chi connectivity index (χ4v) is 3.73. The number of nitrogens with zero attached hydrogens (tertiary/aromatic N) is 2. The average Bonchev–Trinajstić information content (AvgIpc) is 2.97. The van der Waals surface area contributed by atoms with Gasteiger partial charge in [-0.15, -0.1) is 0 Å². The zero-order valence-corrected chi connectivity index (χ0v) is 14.6. The van der Waals surface area contributed by atoms with Crippen LogP contribution in [0, 0.1) is 11.3 Å².